The maximum atomic E-state index is 6.16. The Morgan fingerprint density at radius 3 is 1.87 bits per heavy atom. The molecule has 0 aliphatic carbocycles. The summed E-state index contributed by atoms with van der Waals surface area (Å²) in [4.78, 5) is 6.73. The van der Waals surface area contributed by atoms with Crippen molar-refractivity contribution in [3.63, 3.8) is 0 Å². The number of rotatable bonds is 5. The van der Waals surface area contributed by atoms with Gasteiger partial charge in [0.2, 0.25) is 0 Å². The summed E-state index contributed by atoms with van der Waals surface area (Å²) in [6.45, 7) is 6.66. The summed E-state index contributed by atoms with van der Waals surface area (Å²) in [7, 11) is 10.2. The van der Waals surface area contributed by atoms with E-state index in [2.05, 4.69) is 136 Å². The lowest BCUT2D eigenvalue weighted by molar-refractivity contribution is 0.409. The Morgan fingerprint density at radius 2 is 1.29 bits per heavy atom. The van der Waals surface area contributed by atoms with Crippen LogP contribution in [0.2, 0.25) is 0 Å². The highest BCUT2D eigenvalue weighted by atomic mass is 79.9. The zero-order valence-electron chi connectivity index (χ0n) is 23.7. The van der Waals surface area contributed by atoms with Gasteiger partial charge in [0.1, 0.15) is 5.75 Å². The normalized spacial score (nSPS) is 13.8. The fourth-order valence-electron chi connectivity index (χ4n) is 5.83. The molecular formula is C33H38BrN3O. The third kappa shape index (κ3) is 4.64. The van der Waals surface area contributed by atoms with Crippen molar-refractivity contribution in [3.8, 4) is 5.75 Å². The van der Waals surface area contributed by atoms with Gasteiger partial charge in [0.05, 0.1) is 18.5 Å². The lowest BCUT2D eigenvalue weighted by Gasteiger charge is -2.40. The maximum Gasteiger partial charge on any atom is 0.127 e. The van der Waals surface area contributed by atoms with Crippen LogP contribution in [0, 0.1) is 20.8 Å². The predicted octanol–water partition coefficient (Wildman–Crippen LogP) is 8.29. The number of hydrogen-bond donors (Lipinski definition) is 0. The van der Waals surface area contributed by atoms with Crippen LogP contribution in [-0.2, 0) is 0 Å². The van der Waals surface area contributed by atoms with Crippen LogP contribution >= 0.6 is 17.0 Å². The summed E-state index contributed by atoms with van der Waals surface area (Å²) < 4.78 is 6.16. The Hall–Kier alpha value is -3.44. The Balaban J connectivity index is 0.00000336. The average molecular weight is 573 g/mol. The van der Waals surface area contributed by atoms with Gasteiger partial charge in [0.15, 0.2) is 0 Å². The zero-order chi connectivity index (χ0) is 26.4. The third-order valence-corrected chi connectivity index (χ3v) is 7.49. The van der Waals surface area contributed by atoms with Crippen LogP contribution in [0.15, 0.2) is 72.8 Å². The number of aryl methyl sites for hydroxylation is 3. The Labute approximate surface area is 238 Å². The third-order valence-electron chi connectivity index (χ3n) is 7.49. The van der Waals surface area contributed by atoms with E-state index in [-0.39, 0.29) is 22.9 Å². The Kier molecular flexibility index (Phi) is 7.80. The quantitative estimate of drug-likeness (QED) is 0.211. The summed E-state index contributed by atoms with van der Waals surface area (Å²) in [5.74, 6) is 0.960. The number of para-hydroxylation sites is 1. The molecule has 1 heterocycles. The number of nitrogens with zero attached hydrogens (tertiary/aromatic N) is 3. The molecule has 4 aromatic rings. The van der Waals surface area contributed by atoms with Crippen molar-refractivity contribution < 1.29 is 4.74 Å². The van der Waals surface area contributed by atoms with E-state index in [1.807, 2.05) is 0 Å². The van der Waals surface area contributed by atoms with Crippen LogP contribution in [0.4, 0.5) is 28.4 Å². The molecule has 1 atom stereocenters. The highest BCUT2D eigenvalue weighted by Gasteiger charge is 2.37. The summed E-state index contributed by atoms with van der Waals surface area (Å²) in [6, 6.07) is 26.6. The topological polar surface area (TPSA) is 19.0 Å². The molecule has 38 heavy (non-hydrogen) atoms. The number of halogens is 1. The zero-order valence-corrected chi connectivity index (χ0v) is 25.4. The lowest BCUT2D eigenvalue weighted by atomic mass is 9.76. The summed E-state index contributed by atoms with van der Waals surface area (Å²) in [6.07, 6.45) is 0. The van der Waals surface area contributed by atoms with Crippen LogP contribution in [0.5, 0.6) is 5.75 Å². The van der Waals surface area contributed by atoms with Gasteiger partial charge in [-0.2, -0.15) is 0 Å². The van der Waals surface area contributed by atoms with Gasteiger partial charge in [-0.1, -0.05) is 42.0 Å². The molecule has 0 bridgehead atoms. The first kappa shape index (κ1) is 27.6. The van der Waals surface area contributed by atoms with Crippen molar-refractivity contribution >= 4 is 45.4 Å². The summed E-state index contributed by atoms with van der Waals surface area (Å²) >= 11 is 0. The SMILES string of the molecule is Br.COc1cc(N(C)C)cc2c1C(c1c(C)cc(C)cc1C)c1ccc(N(C)C)cc1N2c1ccccc1. The number of fused-ring (bicyclic) bond motifs is 2. The van der Waals surface area contributed by atoms with E-state index in [0.717, 1.165) is 22.8 Å². The molecule has 1 aliphatic heterocycles. The minimum absolute atomic E-state index is 0. The van der Waals surface area contributed by atoms with E-state index >= 15 is 0 Å². The number of anilines is 5. The van der Waals surface area contributed by atoms with Gasteiger partial charge in [0.25, 0.3) is 0 Å². The van der Waals surface area contributed by atoms with E-state index < -0.39 is 0 Å². The van der Waals surface area contributed by atoms with Crippen molar-refractivity contribution in [3.05, 3.63) is 106 Å². The van der Waals surface area contributed by atoms with E-state index in [4.69, 9.17) is 4.74 Å². The maximum absolute atomic E-state index is 6.16. The molecule has 5 rings (SSSR count). The van der Waals surface area contributed by atoms with Gasteiger partial charge < -0.3 is 19.4 Å². The van der Waals surface area contributed by atoms with Gasteiger partial charge in [-0.3, -0.25) is 0 Å². The van der Waals surface area contributed by atoms with E-state index in [0.29, 0.717) is 0 Å². The second kappa shape index (κ2) is 10.7. The van der Waals surface area contributed by atoms with Crippen LogP contribution in [0.3, 0.4) is 0 Å². The smallest absolute Gasteiger partial charge is 0.127 e. The van der Waals surface area contributed by atoms with Crippen molar-refractivity contribution in [2.45, 2.75) is 26.7 Å². The second-order valence-electron chi connectivity index (χ2n) is 10.5. The first-order chi connectivity index (χ1) is 17.7. The molecule has 0 aromatic heterocycles. The second-order valence-corrected chi connectivity index (χ2v) is 10.5. The van der Waals surface area contributed by atoms with Crippen molar-refractivity contribution in [2.75, 3.05) is 50.0 Å². The van der Waals surface area contributed by atoms with Crippen molar-refractivity contribution in [2.24, 2.45) is 0 Å². The van der Waals surface area contributed by atoms with Crippen LogP contribution in [0.25, 0.3) is 0 Å². The molecular weight excluding hydrogens is 534 g/mol. The molecule has 0 radical (unpaired) electrons. The fraction of sp³-hybridized carbons (Fsp3) is 0.273. The molecule has 198 valence electrons. The van der Waals surface area contributed by atoms with Gasteiger partial charge in [-0.05, 0) is 73.4 Å². The predicted molar refractivity (Wildman–Crippen MR) is 168 cm³/mol. The first-order valence-corrected chi connectivity index (χ1v) is 12.8. The molecule has 5 heteroatoms. The Bertz CT molecular complexity index is 1440. The van der Waals surface area contributed by atoms with E-state index in [1.54, 1.807) is 7.11 Å². The number of ether oxygens (including phenoxy) is 1. The van der Waals surface area contributed by atoms with Crippen LogP contribution < -0.4 is 19.4 Å². The van der Waals surface area contributed by atoms with E-state index in [9.17, 15) is 0 Å². The molecule has 1 unspecified atom stereocenters. The largest absolute Gasteiger partial charge is 0.496 e. The minimum atomic E-state index is 0. The molecule has 0 amide bonds. The monoisotopic (exact) mass is 571 g/mol. The number of benzene rings is 4. The number of hydrogen-bond acceptors (Lipinski definition) is 4. The molecule has 0 saturated heterocycles. The fourth-order valence-corrected chi connectivity index (χ4v) is 5.83. The molecule has 4 nitrogen and oxygen atoms in total. The van der Waals surface area contributed by atoms with Crippen LogP contribution in [0.1, 0.15) is 39.3 Å². The van der Waals surface area contributed by atoms with Gasteiger partial charge in [0, 0.05) is 62.8 Å². The molecule has 0 spiro atoms. The lowest BCUT2D eigenvalue weighted by Crippen LogP contribution is -2.25. The van der Waals surface area contributed by atoms with Gasteiger partial charge >= 0.3 is 0 Å². The van der Waals surface area contributed by atoms with Gasteiger partial charge in [-0.15, -0.1) is 17.0 Å². The molecule has 4 aromatic carbocycles. The molecule has 0 saturated carbocycles. The average Bonchev–Trinajstić information content (AvgIpc) is 2.87. The Morgan fingerprint density at radius 1 is 0.684 bits per heavy atom. The summed E-state index contributed by atoms with van der Waals surface area (Å²) in [5, 5.41) is 0. The van der Waals surface area contributed by atoms with Crippen molar-refractivity contribution in [1.29, 1.82) is 0 Å². The van der Waals surface area contributed by atoms with Crippen LogP contribution in [-0.4, -0.2) is 35.3 Å². The minimum Gasteiger partial charge on any atom is -0.496 e. The van der Waals surface area contributed by atoms with Gasteiger partial charge in [-0.25, -0.2) is 0 Å². The molecule has 1 aliphatic rings. The summed E-state index contributed by atoms with van der Waals surface area (Å²) in [5.41, 5.74) is 13.5. The van der Waals surface area contributed by atoms with E-state index in [1.165, 1.54) is 44.8 Å². The first-order valence-electron chi connectivity index (χ1n) is 12.8. The highest BCUT2D eigenvalue weighted by molar-refractivity contribution is 8.93. The standard InChI is InChI=1S/C33H37N3O.BrH/c1-21-16-22(2)31(23(3)17-21)32-27-15-14-25(34(4)5)18-28(27)36(24-12-10-9-11-13-24)29-19-26(35(6)7)20-30(37-8)33(29)32;/h9-20,32H,1-8H3;1H. The molecule has 0 N–H and O–H groups in total. The number of methoxy groups -OCH3 is 1. The highest BCUT2D eigenvalue weighted by Crippen LogP contribution is 2.56. The van der Waals surface area contributed by atoms with Crippen molar-refractivity contribution in [1.82, 2.24) is 0 Å². The molecule has 0 fully saturated rings.